The highest BCUT2D eigenvalue weighted by molar-refractivity contribution is 5.93. The largest absolute Gasteiger partial charge is 0.291 e. The number of rotatable bonds is 4. The van der Waals surface area contributed by atoms with Crippen molar-refractivity contribution in [1.82, 2.24) is 15.6 Å². The summed E-state index contributed by atoms with van der Waals surface area (Å²) in [4.78, 5) is 11.6. The second kappa shape index (κ2) is 5.95. The van der Waals surface area contributed by atoms with E-state index in [2.05, 4.69) is 27.6 Å². The zero-order valence-corrected chi connectivity index (χ0v) is 11.0. The fraction of sp³-hybridized carbons (Fsp3) is 0.214. The van der Waals surface area contributed by atoms with E-state index in [1.54, 1.807) is 12.3 Å². The van der Waals surface area contributed by atoms with Gasteiger partial charge in [0, 0.05) is 5.69 Å². The summed E-state index contributed by atoms with van der Waals surface area (Å²) in [7, 11) is 0. The van der Waals surface area contributed by atoms with Crippen LogP contribution in [0.1, 0.15) is 34.2 Å². The Bertz CT molecular complexity index is 584. The summed E-state index contributed by atoms with van der Waals surface area (Å²) in [6.45, 7) is 3.94. The van der Waals surface area contributed by atoms with Crippen LogP contribution in [0.3, 0.4) is 0 Å². The zero-order chi connectivity index (χ0) is 13.7. The number of nitrogens with zero attached hydrogens (tertiary/aromatic N) is 2. The van der Waals surface area contributed by atoms with Crippen molar-refractivity contribution < 1.29 is 4.79 Å². The average molecular weight is 256 g/mol. The van der Waals surface area contributed by atoms with Gasteiger partial charge in [-0.05, 0) is 30.5 Å². The number of hydrogen-bond donors (Lipinski definition) is 2. The lowest BCUT2D eigenvalue weighted by atomic mass is 10.1. The molecule has 0 unspecified atom stereocenters. The number of hydrogen-bond acceptors (Lipinski definition) is 3. The van der Waals surface area contributed by atoms with Gasteiger partial charge in [0.2, 0.25) is 0 Å². The Labute approximate surface area is 111 Å². The first kappa shape index (κ1) is 13.0. The number of hydrazone groups is 1. The Balaban J connectivity index is 1.94. The number of carbonyl (C=O) groups is 1. The highest BCUT2D eigenvalue weighted by Gasteiger charge is 2.07. The van der Waals surface area contributed by atoms with Gasteiger partial charge in [0.05, 0.1) is 6.21 Å². The molecule has 5 nitrogen and oxygen atoms in total. The molecule has 98 valence electrons. The maximum atomic E-state index is 11.6. The summed E-state index contributed by atoms with van der Waals surface area (Å²) in [5.74, 6) is -0.328. The SMILES string of the molecule is CCc1ccc(/C=N/NC(=O)c2cc(C)[nH]n2)cc1. The van der Waals surface area contributed by atoms with Crippen molar-refractivity contribution in [3.63, 3.8) is 0 Å². The van der Waals surface area contributed by atoms with Crippen molar-refractivity contribution >= 4 is 12.1 Å². The highest BCUT2D eigenvalue weighted by atomic mass is 16.2. The predicted octanol–water partition coefficient (Wildman–Crippen LogP) is 2.04. The Hall–Kier alpha value is -2.43. The molecule has 2 rings (SSSR count). The molecule has 0 saturated carbocycles. The fourth-order valence-electron chi connectivity index (χ4n) is 1.60. The van der Waals surface area contributed by atoms with Gasteiger partial charge in [-0.1, -0.05) is 31.2 Å². The van der Waals surface area contributed by atoms with Crippen LogP contribution in [-0.2, 0) is 6.42 Å². The molecule has 0 aliphatic heterocycles. The first-order valence-corrected chi connectivity index (χ1v) is 6.13. The van der Waals surface area contributed by atoms with Crippen LogP contribution in [0.2, 0.25) is 0 Å². The minimum Gasteiger partial charge on any atom is -0.282 e. The second-order valence-corrected chi connectivity index (χ2v) is 4.23. The van der Waals surface area contributed by atoms with Gasteiger partial charge >= 0.3 is 0 Å². The molecule has 0 spiro atoms. The topological polar surface area (TPSA) is 70.1 Å². The molecule has 1 heterocycles. The summed E-state index contributed by atoms with van der Waals surface area (Å²) in [5.41, 5.74) is 5.82. The number of amides is 1. The lowest BCUT2D eigenvalue weighted by Crippen LogP contribution is -2.18. The molecule has 2 aromatic rings. The summed E-state index contributed by atoms with van der Waals surface area (Å²) in [5, 5.41) is 10.5. The molecule has 1 aromatic heterocycles. The van der Waals surface area contributed by atoms with E-state index < -0.39 is 0 Å². The van der Waals surface area contributed by atoms with Crippen molar-refractivity contribution in [3.8, 4) is 0 Å². The quantitative estimate of drug-likeness (QED) is 0.649. The van der Waals surface area contributed by atoms with Crippen LogP contribution in [0.5, 0.6) is 0 Å². The maximum absolute atomic E-state index is 11.6. The summed E-state index contributed by atoms with van der Waals surface area (Å²) >= 11 is 0. The standard InChI is InChI=1S/C14H16N4O/c1-3-11-4-6-12(7-5-11)9-15-18-14(19)13-8-10(2)16-17-13/h4-9H,3H2,1-2H3,(H,16,17)(H,18,19)/b15-9+. The molecule has 19 heavy (non-hydrogen) atoms. The number of carbonyl (C=O) groups excluding carboxylic acids is 1. The normalized spacial score (nSPS) is 10.8. The summed E-state index contributed by atoms with van der Waals surface area (Å²) in [6.07, 6.45) is 2.61. The van der Waals surface area contributed by atoms with E-state index in [0.29, 0.717) is 5.69 Å². The molecule has 0 bridgehead atoms. The predicted molar refractivity (Wildman–Crippen MR) is 74.2 cm³/mol. The number of benzene rings is 1. The van der Waals surface area contributed by atoms with E-state index in [-0.39, 0.29) is 5.91 Å². The van der Waals surface area contributed by atoms with Crippen LogP contribution in [0, 0.1) is 6.92 Å². The molecule has 0 saturated heterocycles. The highest BCUT2D eigenvalue weighted by Crippen LogP contribution is 2.02. The van der Waals surface area contributed by atoms with E-state index in [1.807, 2.05) is 31.2 Å². The first-order valence-electron chi connectivity index (χ1n) is 6.13. The van der Waals surface area contributed by atoms with Gasteiger partial charge in [0.1, 0.15) is 0 Å². The van der Waals surface area contributed by atoms with Crippen LogP contribution in [0.25, 0.3) is 0 Å². The van der Waals surface area contributed by atoms with Crippen molar-refractivity contribution in [2.24, 2.45) is 5.10 Å². The van der Waals surface area contributed by atoms with Gasteiger partial charge in [-0.25, -0.2) is 5.43 Å². The Morgan fingerprint density at radius 3 is 2.74 bits per heavy atom. The number of nitrogens with one attached hydrogen (secondary N) is 2. The Morgan fingerprint density at radius 1 is 1.42 bits per heavy atom. The fourth-order valence-corrected chi connectivity index (χ4v) is 1.60. The van der Waals surface area contributed by atoms with Crippen molar-refractivity contribution in [1.29, 1.82) is 0 Å². The van der Waals surface area contributed by atoms with E-state index in [0.717, 1.165) is 17.7 Å². The Kier molecular flexibility index (Phi) is 4.07. The molecule has 0 aliphatic carbocycles. The van der Waals surface area contributed by atoms with Gasteiger partial charge in [-0.2, -0.15) is 10.2 Å². The second-order valence-electron chi connectivity index (χ2n) is 4.23. The molecule has 5 heteroatoms. The van der Waals surface area contributed by atoms with Gasteiger partial charge in [0.15, 0.2) is 5.69 Å². The molecule has 0 atom stereocenters. The van der Waals surface area contributed by atoms with E-state index in [9.17, 15) is 4.79 Å². The lowest BCUT2D eigenvalue weighted by Gasteiger charge is -1.97. The van der Waals surface area contributed by atoms with Crippen LogP contribution in [0.4, 0.5) is 0 Å². The van der Waals surface area contributed by atoms with Gasteiger partial charge < -0.3 is 0 Å². The molecule has 0 radical (unpaired) electrons. The third kappa shape index (κ3) is 3.51. The van der Waals surface area contributed by atoms with Crippen molar-refractivity contribution in [2.75, 3.05) is 0 Å². The third-order valence-corrected chi connectivity index (χ3v) is 2.71. The van der Waals surface area contributed by atoms with Gasteiger partial charge in [0.25, 0.3) is 5.91 Å². The molecule has 0 fully saturated rings. The monoisotopic (exact) mass is 256 g/mol. The summed E-state index contributed by atoms with van der Waals surface area (Å²) < 4.78 is 0. The smallest absolute Gasteiger partial charge is 0.282 e. The number of H-pyrrole nitrogens is 1. The molecule has 2 N–H and O–H groups in total. The molecule has 0 aliphatic rings. The van der Waals surface area contributed by atoms with E-state index in [4.69, 9.17) is 0 Å². The lowest BCUT2D eigenvalue weighted by molar-refractivity contribution is 0.0950. The van der Waals surface area contributed by atoms with E-state index in [1.165, 1.54) is 5.56 Å². The maximum Gasteiger partial charge on any atom is 0.291 e. The minimum absolute atomic E-state index is 0.328. The van der Waals surface area contributed by atoms with Crippen LogP contribution in [-0.4, -0.2) is 22.3 Å². The molecule has 1 aromatic carbocycles. The van der Waals surface area contributed by atoms with Crippen LogP contribution >= 0.6 is 0 Å². The zero-order valence-electron chi connectivity index (χ0n) is 11.0. The van der Waals surface area contributed by atoms with Crippen LogP contribution in [0.15, 0.2) is 35.4 Å². The van der Waals surface area contributed by atoms with Crippen molar-refractivity contribution in [2.45, 2.75) is 20.3 Å². The minimum atomic E-state index is -0.328. The molecular formula is C14H16N4O. The number of aromatic nitrogens is 2. The average Bonchev–Trinajstić information content (AvgIpc) is 2.86. The van der Waals surface area contributed by atoms with Gasteiger partial charge in [-0.15, -0.1) is 0 Å². The third-order valence-electron chi connectivity index (χ3n) is 2.71. The summed E-state index contributed by atoms with van der Waals surface area (Å²) in [6, 6.07) is 9.68. The van der Waals surface area contributed by atoms with Crippen molar-refractivity contribution in [3.05, 3.63) is 52.8 Å². The van der Waals surface area contributed by atoms with Crippen LogP contribution < -0.4 is 5.43 Å². The first-order chi connectivity index (χ1) is 9.19. The number of aryl methyl sites for hydroxylation is 2. The Morgan fingerprint density at radius 2 is 2.16 bits per heavy atom. The number of aromatic amines is 1. The molecular weight excluding hydrogens is 240 g/mol. The molecule has 1 amide bonds. The van der Waals surface area contributed by atoms with E-state index >= 15 is 0 Å². The van der Waals surface area contributed by atoms with Gasteiger partial charge in [-0.3, -0.25) is 9.89 Å².